The van der Waals surface area contributed by atoms with Gasteiger partial charge >= 0.3 is 5.97 Å². The maximum absolute atomic E-state index is 12.5. The van der Waals surface area contributed by atoms with Crippen LogP contribution < -0.4 is 10.6 Å². The molecule has 0 bridgehead atoms. The maximum atomic E-state index is 12.5. The molecule has 0 unspecified atom stereocenters. The van der Waals surface area contributed by atoms with E-state index in [9.17, 15) is 14.4 Å². The standard InChI is InChI=1S/C23H34N2O4/c1-15(2)22(25-20(26)13-18-10-6-5-7-11-18)23(28)29-14-21(27)24-19-12-8-9-16(3)17(19)4/h5-7,10-11,15-17,19,22H,8-9,12-14H2,1-4H3,(H,24,27)(H,25,26)/t16-,17+,19-,22-/m0/s1. The van der Waals surface area contributed by atoms with Crippen molar-refractivity contribution in [2.24, 2.45) is 17.8 Å². The normalized spacial score (nSPS) is 22.6. The summed E-state index contributed by atoms with van der Waals surface area (Å²) in [6.07, 6.45) is 3.42. The van der Waals surface area contributed by atoms with Gasteiger partial charge in [0.25, 0.3) is 5.91 Å². The average Bonchev–Trinajstić information content (AvgIpc) is 2.68. The van der Waals surface area contributed by atoms with E-state index in [4.69, 9.17) is 4.74 Å². The maximum Gasteiger partial charge on any atom is 0.329 e. The first kappa shape index (κ1) is 22.9. The first-order chi connectivity index (χ1) is 13.8. The van der Waals surface area contributed by atoms with Crippen LogP contribution in [0.1, 0.15) is 52.5 Å². The highest BCUT2D eigenvalue weighted by molar-refractivity contribution is 5.87. The number of esters is 1. The number of hydrogen-bond acceptors (Lipinski definition) is 4. The van der Waals surface area contributed by atoms with Crippen molar-refractivity contribution < 1.29 is 19.1 Å². The fraction of sp³-hybridized carbons (Fsp3) is 0.609. The van der Waals surface area contributed by atoms with E-state index in [1.807, 2.05) is 44.2 Å². The highest BCUT2D eigenvalue weighted by atomic mass is 16.5. The van der Waals surface area contributed by atoms with Gasteiger partial charge in [-0.1, -0.05) is 70.9 Å². The summed E-state index contributed by atoms with van der Waals surface area (Å²) in [5.74, 6) is -0.291. The van der Waals surface area contributed by atoms with Gasteiger partial charge in [-0.2, -0.15) is 0 Å². The van der Waals surface area contributed by atoms with Crippen LogP contribution in [-0.4, -0.2) is 36.5 Å². The first-order valence-corrected chi connectivity index (χ1v) is 10.6. The smallest absolute Gasteiger partial charge is 0.329 e. The summed E-state index contributed by atoms with van der Waals surface area (Å²) in [7, 11) is 0. The number of carbonyl (C=O) groups is 3. The molecule has 0 aliphatic heterocycles. The monoisotopic (exact) mass is 402 g/mol. The number of hydrogen-bond donors (Lipinski definition) is 2. The Labute approximate surface area is 173 Å². The molecule has 0 aromatic heterocycles. The molecule has 29 heavy (non-hydrogen) atoms. The van der Waals surface area contributed by atoms with Crippen LogP contribution in [0.5, 0.6) is 0 Å². The van der Waals surface area contributed by atoms with Crippen molar-refractivity contribution in [3.63, 3.8) is 0 Å². The lowest BCUT2D eigenvalue weighted by molar-refractivity contribution is -0.153. The Bertz CT molecular complexity index is 689. The predicted molar refractivity (Wildman–Crippen MR) is 112 cm³/mol. The van der Waals surface area contributed by atoms with Crippen molar-refractivity contribution in [3.05, 3.63) is 35.9 Å². The Morgan fingerprint density at radius 1 is 1.07 bits per heavy atom. The molecule has 1 saturated carbocycles. The van der Waals surface area contributed by atoms with Gasteiger partial charge in [-0.15, -0.1) is 0 Å². The molecule has 160 valence electrons. The molecule has 0 saturated heterocycles. The van der Waals surface area contributed by atoms with E-state index in [1.54, 1.807) is 0 Å². The third-order valence-electron chi connectivity index (χ3n) is 5.84. The van der Waals surface area contributed by atoms with Crippen molar-refractivity contribution in [2.45, 2.75) is 65.5 Å². The van der Waals surface area contributed by atoms with Crippen LogP contribution in [0.15, 0.2) is 30.3 Å². The molecule has 6 heteroatoms. The molecule has 1 aliphatic carbocycles. The van der Waals surface area contributed by atoms with Crippen LogP contribution in [-0.2, 0) is 25.5 Å². The summed E-state index contributed by atoms with van der Waals surface area (Å²) < 4.78 is 5.22. The number of rotatable bonds is 8. The van der Waals surface area contributed by atoms with Crippen molar-refractivity contribution in [2.75, 3.05) is 6.61 Å². The third-order valence-corrected chi connectivity index (χ3v) is 5.84. The zero-order chi connectivity index (χ0) is 21.4. The van der Waals surface area contributed by atoms with Gasteiger partial charge in [-0.3, -0.25) is 9.59 Å². The Morgan fingerprint density at radius 2 is 1.76 bits per heavy atom. The fourth-order valence-corrected chi connectivity index (χ4v) is 3.76. The largest absolute Gasteiger partial charge is 0.454 e. The van der Waals surface area contributed by atoms with Crippen LogP contribution in [0.3, 0.4) is 0 Å². The van der Waals surface area contributed by atoms with Gasteiger partial charge in [0.05, 0.1) is 6.42 Å². The molecule has 0 heterocycles. The molecular weight excluding hydrogens is 368 g/mol. The zero-order valence-electron chi connectivity index (χ0n) is 17.9. The summed E-state index contributed by atoms with van der Waals surface area (Å²) in [5.41, 5.74) is 0.871. The highest BCUT2D eigenvalue weighted by Crippen LogP contribution is 2.29. The summed E-state index contributed by atoms with van der Waals surface area (Å²) >= 11 is 0. The molecule has 2 rings (SSSR count). The Hall–Kier alpha value is -2.37. The molecule has 6 nitrogen and oxygen atoms in total. The van der Waals surface area contributed by atoms with Crippen LogP contribution >= 0.6 is 0 Å². The SMILES string of the molecule is CC(C)[C@H](NC(=O)Cc1ccccc1)C(=O)OCC(=O)N[C@H]1CCC[C@H](C)[C@H]1C. The van der Waals surface area contributed by atoms with Gasteiger partial charge < -0.3 is 15.4 Å². The third kappa shape index (κ3) is 7.18. The van der Waals surface area contributed by atoms with Crippen molar-refractivity contribution in [3.8, 4) is 0 Å². The molecule has 1 aromatic carbocycles. The van der Waals surface area contributed by atoms with E-state index in [-0.39, 0.29) is 36.8 Å². The van der Waals surface area contributed by atoms with Gasteiger partial charge in [0, 0.05) is 6.04 Å². The van der Waals surface area contributed by atoms with Crippen LogP contribution in [0.2, 0.25) is 0 Å². The van der Waals surface area contributed by atoms with Crippen molar-refractivity contribution in [1.82, 2.24) is 10.6 Å². The second-order valence-corrected chi connectivity index (χ2v) is 8.50. The predicted octanol–water partition coefficient (Wildman–Crippen LogP) is 2.85. The molecule has 1 aromatic rings. The van der Waals surface area contributed by atoms with Crippen molar-refractivity contribution in [1.29, 1.82) is 0 Å². The molecule has 2 amide bonds. The summed E-state index contributed by atoms with van der Waals surface area (Å²) in [4.78, 5) is 37.0. The van der Waals surface area contributed by atoms with E-state index >= 15 is 0 Å². The quantitative estimate of drug-likeness (QED) is 0.655. The zero-order valence-corrected chi connectivity index (χ0v) is 17.9. The second kappa shape index (κ2) is 11.0. The topological polar surface area (TPSA) is 84.5 Å². The Kier molecular flexibility index (Phi) is 8.68. The number of amides is 2. The number of carbonyl (C=O) groups excluding carboxylic acids is 3. The molecule has 4 atom stereocenters. The number of benzene rings is 1. The molecule has 0 radical (unpaired) electrons. The minimum absolute atomic E-state index is 0.122. The number of nitrogens with one attached hydrogen (secondary N) is 2. The number of ether oxygens (including phenoxy) is 1. The Balaban J connectivity index is 1.82. The lowest BCUT2D eigenvalue weighted by atomic mass is 9.78. The van der Waals surface area contributed by atoms with Gasteiger partial charge in [-0.05, 0) is 29.7 Å². The van der Waals surface area contributed by atoms with Crippen molar-refractivity contribution >= 4 is 17.8 Å². The van der Waals surface area contributed by atoms with E-state index in [1.165, 1.54) is 6.42 Å². The Morgan fingerprint density at radius 3 is 2.41 bits per heavy atom. The highest BCUT2D eigenvalue weighted by Gasteiger charge is 2.29. The van der Waals surface area contributed by atoms with E-state index in [0.29, 0.717) is 11.8 Å². The molecule has 1 aliphatic rings. The van der Waals surface area contributed by atoms with Gasteiger partial charge in [-0.25, -0.2) is 4.79 Å². The minimum Gasteiger partial charge on any atom is -0.454 e. The molecule has 2 N–H and O–H groups in total. The molecule has 0 spiro atoms. The van der Waals surface area contributed by atoms with Gasteiger partial charge in [0.2, 0.25) is 5.91 Å². The lowest BCUT2D eigenvalue weighted by Gasteiger charge is -2.34. The second-order valence-electron chi connectivity index (χ2n) is 8.50. The van der Waals surface area contributed by atoms with Crippen LogP contribution in [0.25, 0.3) is 0 Å². The van der Waals surface area contributed by atoms with Gasteiger partial charge in [0.1, 0.15) is 6.04 Å². The van der Waals surface area contributed by atoms with Gasteiger partial charge in [0.15, 0.2) is 6.61 Å². The van der Waals surface area contributed by atoms with E-state index in [2.05, 4.69) is 24.5 Å². The lowest BCUT2D eigenvalue weighted by Crippen LogP contribution is -2.48. The summed E-state index contributed by atoms with van der Waals surface area (Å²) in [6.45, 7) is 7.69. The molecular formula is C23H34N2O4. The fourth-order valence-electron chi connectivity index (χ4n) is 3.76. The van der Waals surface area contributed by atoms with E-state index < -0.39 is 12.0 Å². The van der Waals surface area contributed by atoms with E-state index in [0.717, 1.165) is 18.4 Å². The summed E-state index contributed by atoms with van der Waals surface area (Å²) in [6, 6.07) is 8.67. The van der Waals surface area contributed by atoms with Crippen LogP contribution in [0, 0.1) is 17.8 Å². The minimum atomic E-state index is -0.785. The molecule has 1 fully saturated rings. The van der Waals surface area contributed by atoms with Crippen LogP contribution in [0.4, 0.5) is 0 Å². The summed E-state index contributed by atoms with van der Waals surface area (Å²) in [5, 5.41) is 5.73. The average molecular weight is 403 g/mol. The first-order valence-electron chi connectivity index (χ1n) is 10.6.